The molecule has 0 radical (unpaired) electrons. The van der Waals surface area contributed by atoms with Crippen LogP contribution in [0.3, 0.4) is 0 Å². The van der Waals surface area contributed by atoms with Gasteiger partial charge in [-0.25, -0.2) is 0 Å². The standard InChI is InChI=1S/C17H19BrO2/c18-14-3-1-2-12-9-16(20-17(12)14)15(19)8-13-7-10-4-5-11(13)6-10/h1-3,9-11,13,15,19H,4-8H2. The molecule has 4 rings (SSSR count). The number of fused-ring (bicyclic) bond motifs is 3. The summed E-state index contributed by atoms with van der Waals surface area (Å²) in [6.45, 7) is 0. The Bertz CT molecular complexity index is 633. The van der Waals surface area contributed by atoms with E-state index in [9.17, 15) is 5.11 Å². The molecule has 0 spiro atoms. The average molecular weight is 335 g/mol. The van der Waals surface area contributed by atoms with Crippen molar-refractivity contribution in [1.29, 1.82) is 0 Å². The molecular formula is C17H19BrO2. The molecule has 20 heavy (non-hydrogen) atoms. The van der Waals surface area contributed by atoms with Gasteiger partial charge in [0.1, 0.15) is 17.4 Å². The Morgan fingerprint density at radius 2 is 2.20 bits per heavy atom. The second-order valence-corrected chi connectivity index (χ2v) is 7.35. The maximum absolute atomic E-state index is 10.5. The van der Waals surface area contributed by atoms with Gasteiger partial charge < -0.3 is 9.52 Å². The summed E-state index contributed by atoms with van der Waals surface area (Å²) in [6, 6.07) is 7.97. The van der Waals surface area contributed by atoms with Gasteiger partial charge in [-0.05, 0) is 71.5 Å². The molecule has 106 valence electrons. The van der Waals surface area contributed by atoms with Crippen molar-refractivity contribution in [3.63, 3.8) is 0 Å². The normalized spacial score (nSPS) is 30.2. The molecule has 1 heterocycles. The summed E-state index contributed by atoms with van der Waals surface area (Å²) >= 11 is 3.50. The zero-order valence-corrected chi connectivity index (χ0v) is 13.0. The highest BCUT2D eigenvalue weighted by molar-refractivity contribution is 9.10. The van der Waals surface area contributed by atoms with E-state index in [1.54, 1.807) is 0 Å². The highest BCUT2D eigenvalue weighted by Crippen LogP contribution is 2.51. The number of furan rings is 1. The molecule has 1 aromatic heterocycles. The predicted octanol–water partition coefficient (Wildman–Crippen LogP) is 5.06. The maximum Gasteiger partial charge on any atom is 0.148 e. The molecule has 2 saturated carbocycles. The number of hydrogen-bond donors (Lipinski definition) is 1. The Balaban J connectivity index is 1.55. The van der Waals surface area contributed by atoms with Crippen molar-refractivity contribution >= 4 is 26.9 Å². The average Bonchev–Trinajstić information content (AvgIpc) is 3.12. The first-order valence-corrected chi connectivity index (χ1v) is 8.36. The Morgan fingerprint density at radius 1 is 1.30 bits per heavy atom. The van der Waals surface area contributed by atoms with E-state index in [4.69, 9.17) is 4.42 Å². The summed E-state index contributed by atoms with van der Waals surface area (Å²) < 4.78 is 6.81. The minimum absolute atomic E-state index is 0.460. The molecule has 3 heteroatoms. The maximum atomic E-state index is 10.5. The van der Waals surface area contributed by atoms with Crippen LogP contribution in [0.25, 0.3) is 11.0 Å². The summed E-state index contributed by atoms with van der Waals surface area (Å²) in [7, 11) is 0. The van der Waals surface area contributed by atoms with Crippen molar-refractivity contribution in [2.24, 2.45) is 17.8 Å². The predicted molar refractivity (Wildman–Crippen MR) is 82.4 cm³/mol. The lowest BCUT2D eigenvalue weighted by atomic mass is 9.84. The molecule has 2 nitrogen and oxygen atoms in total. The van der Waals surface area contributed by atoms with Gasteiger partial charge >= 0.3 is 0 Å². The number of aliphatic hydroxyl groups excluding tert-OH is 1. The first kappa shape index (κ1) is 12.9. The fourth-order valence-corrected chi connectivity index (χ4v) is 4.74. The van der Waals surface area contributed by atoms with E-state index < -0.39 is 6.10 Å². The monoisotopic (exact) mass is 334 g/mol. The van der Waals surface area contributed by atoms with Gasteiger partial charge in [0, 0.05) is 5.39 Å². The third-order valence-electron chi connectivity index (χ3n) is 5.25. The van der Waals surface area contributed by atoms with E-state index in [1.165, 1.54) is 25.7 Å². The molecule has 2 aromatic rings. The molecular weight excluding hydrogens is 316 g/mol. The van der Waals surface area contributed by atoms with E-state index in [2.05, 4.69) is 15.9 Å². The molecule has 2 bridgehead atoms. The lowest BCUT2D eigenvalue weighted by Gasteiger charge is -2.23. The van der Waals surface area contributed by atoms with Crippen molar-refractivity contribution in [3.05, 3.63) is 34.5 Å². The highest BCUT2D eigenvalue weighted by atomic mass is 79.9. The van der Waals surface area contributed by atoms with Gasteiger partial charge in [-0.15, -0.1) is 0 Å². The van der Waals surface area contributed by atoms with E-state index >= 15 is 0 Å². The Hall–Kier alpha value is -0.800. The van der Waals surface area contributed by atoms with Crippen LogP contribution in [0.5, 0.6) is 0 Å². The Morgan fingerprint density at radius 3 is 2.90 bits per heavy atom. The molecule has 2 fully saturated rings. The largest absolute Gasteiger partial charge is 0.457 e. The molecule has 0 aliphatic heterocycles. The van der Waals surface area contributed by atoms with E-state index in [1.807, 2.05) is 24.3 Å². The minimum Gasteiger partial charge on any atom is -0.457 e. The third kappa shape index (κ3) is 2.11. The minimum atomic E-state index is -0.460. The van der Waals surface area contributed by atoms with Crippen molar-refractivity contribution in [1.82, 2.24) is 0 Å². The van der Waals surface area contributed by atoms with Crippen LogP contribution < -0.4 is 0 Å². The lowest BCUT2D eigenvalue weighted by molar-refractivity contribution is 0.106. The molecule has 4 unspecified atom stereocenters. The first-order valence-electron chi connectivity index (χ1n) is 7.56. The molecule has 2 aliphatic rings. The molecule has 1 aromatic carbocycles. The van der Waals surface area contributed by atoms with Gasteiger partial charge in [0.2, 0.25) is 0 Å². The van der Waals surface area contributed by atoms with Crippen molar-refractivity contribution in [2.45, 2.75) is 38.2 Å². The summed E-state index contributed by atoms with van der Waals surface area (Å²) in [5.41, 5.74) is 0.842. The summed E-state index contributed by atoms with van der Waals surface area (Å²) in [4.78, 5) is 0. The smallest absolute Gasteiger partial charge is 0.148 e. The first-order chi connectivity index (χ1) is 9.70. The molecule has 2 aliphatic carbocycles. The number of halogens is 1. The van der Waals surface area contributed by atoms with E-state index in [0.717, 1.165) is 39.5 Å². The Labute approximate surface area is 127 Å². The summed E-state index contributed by atoms with van der Waals surface area (Å²) in [5.74, 6) is 3.20. The summed E-state index contributed by atoms with van der Waals surface area (Å²) in [5, 5.41) is 11.5. The van der Waals surface area contributed by atoms with Gasteiger partial charge in [-0.1, -0.05) is 18.6 Å². The van der Waals surface area contributed by atoms with E-state index in [0.29, 0.717) is 5.92 Å². The third-order valence-corrected chi connectivity index (χ3v) is 5.88. The van der Waals surface area contributed by atoms with Crippen LogP contribution in [-0.2, 0) is 0 Å². The summed E-state index contributed by atoms with van der Waals surface area (Å²) in [6.07, 6.45) is 5.88. The molecule has 1 N–H and O–H groups in total. The lowest BCUT2D eigenvalue weighted by Crippen LogP contribution is -2.14. The SMILES string of the molecule is OC(CC1CC2CCC1C2)c1cc2cccc(Br)c2o1. The highest BCUT2D eigenvalue weighted by Gasteiger charge is 2.40. The Kier molecular flexibility index (Phi) is 3.15. The van der Waals surface area contributed by atoms with Crippen LogP contribution in [0.1, 0.15) is 44.0 Å². The van der Waals surface area contributed by atoms with Crippen LogP contribution in [0.4, 0.5) is 0 Å². The van der Waals surface area contributed by atoms with Crippen LogP contribution in [0, 0.1) is 17.8 Å². The van der Waals surface area contributed by atoms with Gasteiger partial charge in [0.05, 0.1) is 4.47 Å². The topological polar surface area (TPSA) is 33.4 Å². The second-order valence-electron chi connectivity index (χ2n) is 6.49. The number of hydrogen-bond acceptors (Lipinski definition) is 2. The zero-order chi connectivity index (χ0) is 13.7. The van der Waals surface area contributed by atoms with Gasteiger partial charge in [0.15, 0.2) is 0 Å². The number of rotatable bonds is 3. The molecule has 4 atom stereocenters. The number of para-hydroxylation sites is 1. The quantitative estimate of drug-likeness (QED) is 0.851. The van der Waals surface area contributed by atoms with Crippen LogP contribution in [0.15, 0.2) is 33.2 Å². The molecule has 0 amide bonds. The van der Waals surface area contributed by atoms with Crippen LogP contribution in [-0.4, -0.2) is 5.11 Å². The van der Waals surface area contributed by atoms with Crippen molar-refractivity contribution < 1.29 is 9.52 Å². The van der Waals surface area contributed by atoms with Crippen LogP contribution in [0.2, 0.25) is 0 Å². The number of aliphatic hydroxyl groups is 1. The fourth-order valence-electron chi connectivity index (χ4n) is 4.28. The van der Waals surface area contributed by atoms with Crippen molar-refractivity contribution in [2.75, 3.05) is 0 Å². The second kappa shape index (κ2) is 4.88. The van der Waals surface area contributed by atoms with E-state index in [-0.39, 0.29) is 0 Å². The molecule has 0 saturated heterocycles. The van der Waals surface area contributed by atoms with Crippen LogP contribution >= 0.6 is 15.9 Å². The number of benzene rings is 1. The van der Waals surface area contributed by atoms with Gasteiger partial charge in [0.25, 0.3) is 0 Å². The fraction of sp³-hybridized carbons (Fsp3) is 0.529. The zero-order valence-electron chi connectivity index (χ0n) is 11.4. The van der Waals surface area contributed by atoms with Gasteiger partial charge in [-0.2, -0.15) is 0 Å². The van der Waals surface area contributed by atoms with Crippen molar-refractivity contribution in [3.8, 4) is 0 Å². The van der Waals surface area contributed by atoms with Gasteiger partial charge in [-0.3, -0.25) is 0 Å².